The second-order valence-corrected chi connectivity index (χ2v) is 5.27. The van der Waals surface area contributed by atoms with Crippen LogP contribution in [0.15, 0.2) is 11.6 Å². The Hall–Kier alpha value is -1.76. The molecule has 2 heterocycles. The maximum Gasteiger partial charge on any atom is 0.291 e. The molecule has 0 bridgehead atoms. The van der Waals surface area contributed by atoms with E-state index in [0.29, 0.717) is 5.82 Å². The lowest BCUT2D eigenvalue weighted by Gasteiger charge is -2.22. The van der Waals surface area contributed by atoms with Gasteiger partial charge in [-0.25, -0.2) is 9.97 Å². The molecule has 1 amide bonds. The summed E-state index contributed by atoms with van der Waals surface area (Å²) in [7, 11) is 0. The van der Waals surface area contributed by atoms with Crippen molar-refractivity contribution >= 4 is 17.2 Å². The van der Waals surface area contributed by atoms with Gasteiger partial charge in [0.2, 0.25) is 5.82 Å². The second-order valence-electron chi connectivity index (χ2n) is 4.38. The number of aromatic nitrogens is 4. The predicted molar refractivity (Wildman–Crippen MR) is 68.4 cm³/mol. The molecule has 2 aromatic heterocycles. The summed E-state index contributed by atoms with van der Waals surface area (Å²) in [5.41, 5.74) is -0.530. The van der Waals surface area contributed by atoms with Crippen LogP contribution in [0.1, 0.15) is 42.2 Å². The number of H-pyrrole nitrogens is 1. The lowest BCUT2D eigenvalue weighted by Crippen LogP contribution is -2.41. The molecule has 0 radical (unpaired) electrons. The number of hydrogen-bond acceptors (Lipinski definition) is 5. The van der Waals surface area contributed by atoms with Crippen molar-refractivity contribution in [2.45, 2.75) is 32.7 Å². The number of nitrogens with zero attached hydrogens (tertiary/aromatic N) is 3. The smallest absolute Gasteiger partial charge is 0.291 e. The van der Waals surface area contributed by atoms with Gasteiger partial charge in [0.15, 0.2) is 0 Å². The van der Waals surface area contributed by atoms with Crippen molar-refractivity contribution in [2.24, 2.45) is 0 Å². The van der Waals surface area contributed by atoms with Crippen molar-refractivity contribution in [2.75, 3.05) is 0 Å². The van der Waals surface area contributed by atoms with Gasteiger partial charge < -0.3 is 5.32 Å². The molecule has 0 aromatic carbocycles. The lowest BCUT2D eigenvalue weighted by atomic mass is 10.1. The standard InChI is InChI=1S/C11H15N5OS/c1-4-7-13-8(16-15-7)9(17)14-11(2,3)10-12-5-6-18-10/h5-6H,4H2,1-3H3,(H,14,17)(H,13,15,16). The minimum atomic E-state index is -0.530. The molecule has 0 aliphatic rings. The van der Waals surface area contributed by atoms with Crippen LogP contribution in [0.5, 0.6) is 0 Å². The molecular weight excluding hydrogens is 250 g/mol. The Morgan fingerprint density at radius 1 is 1.56 bits per heavy atom. The quantitative estimate of drug-likeness (QED) is 0.877. The Balaban J connectivity index is 2.11. The van der Waals surface area contributed by atoms with Gasteiger partial charge in [-0.3, -0.25) is 9.89 Å². The first-order valence-electron chi connectivity index (χ1n) is 5.66. The van der Waals surface area contributed by atoms with E-state index in [1.165, 1.54) is 11.3 Å². The third kappa shape index (κ3) is 2.56. The fourth-order valence-electron chi connectivity index (χ4n) is 1.48. The molecule has 0 atom stereocenters. The maximum absolute atomic E-state index is 12.0. The molecule has 2 rings (SSSR count). The van der Waals surface area contributed by atoms with Crippen LogP contribution in [0.3, 0.4) is 0 Å². The van der Waals surface area contributed by atoms with E-state index in [9.17, 15) is 4.79 Å². The van der Waals surface area contributed by atoms with Crippen LogP contribution in [-0.2, 0) is 12.0 Å². The molecule has 0 aliphatic carbocycles. The number of nitrogens with one attached hydrogen (secondary N) is 2. The number of hydrogen-bond donors (Lipinski definition) is 2. The average Bonchev–Trinajstić information content (AvgIpc) is 3.00. The van der Waals surface area contributed by atoms with Gasteiger partial charge in [0.1, 0.15) is 10.8 Å². The van der Waals surface area contributed by atoms with Crippen LogP contribution >= 0.6 is 11.3 Å². The molecule has 2 N–H and O–H groups in total. The summed E-state index contributed by atoms with van der Waals surface area (Å²) in [5, 5.41) is 12.2. The van der Waals surface area contributed by atoms with Gasteiger partial charge in [0.05, 0.1) is 5.54 Å². The zero-order valence-electron chi connectivity index (χ0n) is 10.5. The topological polar surface area (TPSA) is 83.6 Å². The van der Waals surface area contributed by atoms with Crippen LogP contribution in [0.2, 0.25) is 0 Å². The maximum atomic E-state index is 12.0. The summed E-state index contributed by atoms with van der Waals surface area (Å²) in [4.78, 5) is 20.3. The summed E-state index contributed by atoms with van der Waals surface area (Å²) >= 11 is 1.50. The molecule has 0 aliphatic heterocycles. The Kier molecular flexibility index (Phi) is 3.42. The molecule has 0 saturated carbocycles. The Morgan fingerprint density at radius 3 is 2.89 bits per heavy atom. The molecule has 7 heteroatoms. The highest BCUT2D eigenvalue weighted by molar-refractivity contribution is 7.09. The SMILES string of the molecule is CCc1nc(C(=O)NC(C)(C)c2nccs2)n[nH]1. The summed E-state index contributed by atoms with van der Waals surface area (Å²) in [6.45, 7) is 5.75. The third-order valence-corrected chi connectivity index (χ3v) is 3.56. The summed E-state index contributed by atoms with van der Waals surface area (Å²) in [6.07, 6.45) is 2.44. The number of thiazole rings is 1. The number of aromatic amines is 1. The normalized spacial score (nSPS) is 11.5. The van der Waals surface area contributed by atoms with Crippen molar-refractivity contribution in [1.82, 2.24) is 25.5 Å². The predicted octanol–water partition coefficient (Wildman–Crippen LogP) is 1.49. The summed E-state index contributed by atoms with van der Waals surface area (Å²) in [6, 6.07) is 0. The summed E-state index contributed by atoms with van der Waals surface area (Å²) < 4.78 is 0. The Labute approximate surface area is 109 Å². The van der Waals surface area contributed by atoms with Crippen LogP contribution in [0.25, 0.3) is 0 Å². The highest BCUT2D eigenvalue weighted by atomic mass is 32.1. The van der Waals surface area contributed by atoms with E-state index in [-0.39, 0.29) is 11.7 Å². The number of aryl methyl sites for hydroxylation is 1. The fourth-order valence-corrected chi connectivity index (χ4v) is 2.20. The molecule has 6 nitrogen and oxygen atoms in total. The second kappa shape index (κ2) is 4.85. The van der Waals surface area contributed by atoms with E-state index in [4.69, 9.17) is 0 Å². The third-order valence-electron chi connectivity index (χ3n) is 2.46. The first kappa shape index (κ1) is 12.7. The zero-order valence-corrected chi connectivity index (χ0v) is 11.3. The number of carbonyl (C=O) groups is 1. The Morgan fingerprint density at radius 2 is 2.33 bits per heavy atom. The molecule has 2 aromatic rings. The molecule has 0 saturated heterocycles. The van der Waals surface area contributed by atoms with Crippen molar-refractivity contribution in [3.05, 3.63) is 28.2 Å². The molecular formula is C11H15N5OS. The van der Waals surface area contributed by atoms with Gasteiger partial charge in [-0.15, -0.1) is 16.4 Å². The van der Waals surface area contributed by atoms with Gasteiger partial charge in [0.25, 0.3) is 5.91 Å². The molecule has 0 unspecified atom stereocenters. The minimum Gasteiger partial charge on any atom is -0.338 e. The van der Waals surface area contributed by atoms with E-state index in [1.807, 2.05) is 26.2 Å². The Bertz CT molecular complexity index is 531. The van der Waals surface area contributed by atoms with Gasteiger partial charge >= 0.3 is 0 Å². The van der Waals surface area contributed by atoms with Crippen molar-refractivity contribution in [1.29, 1.82) is 0 Å². The largest absolute Gasteiger partial charge is 0.338 e. The van der Waals surface area contributed by atoms with Gasteiger partial charge in [0, 0.05) is 18.0 Å². The molecule has 0 fully saturated rings. The van der Waals surface area contributed by atoms with Crippen LogP contribution < -0.4 is 5.32 Å². The van der Waals surface area contributed by atoms with Crippen molar-refractivity contribution in [3.8, 4) is 0 Å². The van der Waals surface area contributed by atoms with Crippen LogP contribution in [0, 0.1) is 0 Å². The number of rotatable bonds is 4. The average molecular weight is 265 g/mol. The van der Waals surface area contributed by atoms with Gasteiger partial charge in [-0.1, -0.05) is 6.92 Å². The first-order valence-corrected chi connectivity index (χ1v) is 6.54. The van der Waals surface area contributed by atoms with Crippen molar-refractivity contribution in [3.63, 3.8) is 0 Å². The summed E-state index contributed by atoms with van der Waals surface area (Å²) in [5.74, 6) is 0.565. The van der Waals surface area contributed by atoms with E-state index in [2.05, 4.69) is 25.5 Å². The highest BCUT2D eigenvalue weighted by Crippen LogP contribution is 2.22. The van der Waals surface area contributed by atoms with Crippen LogP contribution in [0.4, 0.5) is 0 Å². The zero-order chi connectivity index (χ0) is 13.2. The lowest BCUT2D eigenvalue weighted by molar-refractivity contribution is 0.0901. The van der Waals surface area contributed by atoms with Crippen molar-refractivity contribution < 1.29 is 4.79 Å². The van der Waals surface area contributed by atoms with Crippen LogP contribution in [-0.4, -0.2) is 26.1 Å². The van der Waals surface area contributed by atoms with Gasteiger partial charge in [-0.05, 0) is 13.8 Å². The molecule has 18 heavy (non-hydrogen) atoms. The highest BCUT2D eigenvalue weighted by Gasteiger charge is 2.27. The van der Waals surface area contributed by atoms with E-state index >= 15 is 0 Å². The molecule has 0 spiro atoms. The first-order chi connectivity index (χ1) is 8.53. The number of carbonyl (C=O) groups excluding carboxylic acids is 1. The fraction of sp³-hybridized carbons (Fsp3) is 0.455. The van der Waals surface area contributed by atoms with Gasteiger partial charge in [-0.2, -0.15) is 0 Å². The van der Waals surface area contributed by atoms with E-state index in [1.54, 1.807) is 6.20 Å². The van der Waals surface area contributed by atoms with E-state index in [0.717, 1.165) is 11.4 Å². The minimum absolute atomic E-state index is 0.163. The monoisotopic (exact) mass is 265 g/mol. The molecule has 96 valence electrons. The number of amides is 1. The van der Waals surface area contributed by atoms with E-state index < -0.39 is 5.54 Å².